The maximum Gasteiger partial charge on any atom is 0.283 e. The van der Waals surface area contributed by atoms with Gasteiger partial charge in [-0.15, -0.1) is 0 Å². The fourth-order valence-electron chi connectivity index (χ4n) is 4.06. The molecule has 2 amide bonds. The highest BCUT2D eigenvalue weighted by Gasteiger charge is 2.36. The second-order valence-electron chi connectivity index (χ2n) is 8.87. The molecule has 2 aromatic rings. The Morgan fingerprint density at radius 2 is 1.92 bits per heavy atom. The number of methoxy groups -OCH3 is 1. The molecule has 3 aliphatic heterocycles. The molecule has 11 heteroatoms. The van der Waals surface area contributed by atoms with E-state index < -0.39 is 5.91 Å². The molecular formula is C27H27N5O5S. The van der Waals surface area contributed by atoms with Crippen molar-refractivity contribution in [1.29, 1.82) is 5.41 Å². The van der Waals surface area contributed by atoms with E-state index >= 15 is 0 Å². The third-order valence-corrected chi connectivity index (χ3v) is 7.08. The number of morpholine rings is 1. The zero-order valence-corrected chi connectivity index (χ0v) is 21.9. The molecule has 0 unspecified atom stereocenters. The first-order chi connectivity index (χ1) is 18.4. The van der Waals surface area contributed by atoms with Gasteiger partial charge in [0.1, 0.15) is 11.7 Å². The van der Waals surface area contributed by atoms with E-state index in [1.165, 1.54) is 10.6 Å². The molecule has 3 heterocycles. The van der Waals surface area contributed by atoms with Crippen LogP contribution in [0.2, 0.25) is 0 Å². The summed E-state index contributed by atoms with van der Waals surface area (Å²) < 4.78 is 16.7. The maximum atomic E-state index is 12.8. The van der Waals surface area contributed by atoms with Gasteiger partial charge in [0.2, 0.25) is 11.1 Å². The Morgan fingerprint density at radius 1 is 1.16 bits per heavy atom. The molecule has 5 rings (SSSR count). The van der Waals surface area contributed by atoms with E-state index in [2.05, 4.69) is 10.1 Å². The summed E-state index contributed by atoms with van der Waals surface area (Å²) in [5.74, 6) is 0.369. The summed E-state index contributed by atoms with van der Waals surface area (Å²) in [5, 5.41) is 15.1. The number of carbonyl (C=O) groups is 2. The van der Waals surface area contributed by atoms with Gasteiger partial charge in [-0.3, -0.25) is 15.0 Å². The number of carbonyl (C=O) groups excluding carboxylic acids is 2. The van der Waals surface area contributed by atoms with Crippen molar-refractivity contribution in [1.82, 2.24) is 9.91 Å². The summed E-state index contributed by atoms with van der Waals surface area (Å²) >= 11 is 1.14. The predicted molar refractivity (Wildman–Crippen MR) is 146 cm³/mol. The Labute approximate surface area is 224 Å². The Kier molecular flexibility index (Phi) is 7.57. The normalized spacial score (nSPS) is 18.3. The number of amidine groups is 2. The van der Waals surface area contributed by atoms with Crippen molar-refractivity contribution in [3.63, 3.8) is 0 Å². The quantitative estimate of drug-likeness (QED) is 0.542. The fraction of sp³-hybridized carbons (Fsp3) is 0.296. The summed E-state index contributed by atoms with van der Waals surface area (Å²) in [5.41, 5.74) is 2.96. The smallest absolute Gasteiger partial charge is 0.283 e. The lowest BCUT2D eigenvalue weighted by Gasteiger charge is -2.26. The van der Waals surface area contributed by atoms with Gasteiger partial charge in [-0.25, -0.2) is 0 Å². The second kappa shape index (κ2) is 11.2. The lowest BCUT2D eigenvalue weighted by Crippen LogP contribution is -2.41. The van der Waals surface area contributed by atoms with Crippen LogP contribution in [0, 0.1) is 12.3 Å². The third-order valence-electron chi connectivity index (χ3n) is 6.18. The van der Waals surface area contributed by atoms with Crippen LogP contribution in [0.25, 0.3) is 6.08 Å². The standard InChI is InChI=1S/C27H27N5O5S/c1-17-3-5-18(6-4-17)16-37-21-8-7-19(14-22(21)35-2)13-20-25(28)32-27(29-26(20)34)38-23(30-32)15-24(33)31-9-11-36-12-10-31/h3-8,13-14,28H,9-12,15-16H2,1-2H3. The zero-order chi connectivity index (χ0) is 26.6. The molecule has 0 saturated carbocycles. The Balaban J connectivity index is 1.29. The molecule has 196 valence electrons. The van der Waals surface area contributed by atoms with Crippen molar-refractivity contribution in [2.24, 2.45) is 10.1 Å². The fourth-order valence-corrected chi connectivity index (χ4v) is 4.94. The number of thioether (sulfide) groups is 1. The number of hydrogen-bond donors (Lipinski definition) is 1. The zero-order valence-electron chi connectivity index (χ0n) is 21.1. The highest BCUT2D eigenvalue weighted by molar-refractivity contribution is 8.27. The first-order valence-electron chi connectivity index (χ1n) is 12.1. The van der Waals surface area contributed by atoms with Gasteiger partial charge in [-0.2, -0.15) is 15.1 Å². The number of nitrogens with zero attached hydrogens (tertiary/aromatic N) is 4. The number of aliphatic imine (C=N–C) groups is 1. The molecule has 1 saturated heterocycles. The van der Waals surface area contributed by atoms with Gasteiger partial charge < -0.3 is 19.1 Å². The van der Waals surface area contributed by atoms with Crippen molar-refractivity contribution in [3.8, 4) is 11.5 Å². The van der Waals surface area contributed by atoms with Crippen molar-refractivity contribution in [3.05, 3.63) is 64.7 Å². The average Bonchev–Trinajstić information content (AvgIpc) is 3.33. The van der Waals surface area contributed by atoms with E-state index in [9.17, 15) is 9.59 Å². The molecule has 0 spiro atoms. The minimum absolute atomic E-state index is 0.0644. The maximum absolute atomic E-state index is 12.8. The van der Waals surface area contributed by atoms with Crippen LogP contribution in [0.5, 0.6) is 11.5 Å². The Morgan fingerprint density at radius 3 is 2.66 bits per heavy atom. The molecule has 1 fully saturated rings. The topological polar surface area (TPSA) is 117 Å². The summed E-state index contributed by atoms with van der Waals surface area (Å²) in [6.07, 6.45) is 1.66. The summed E-state index contributed by atoms with van der Waals surface area (Å²) in [6, 6.07) is 13.4. The van der Waals surface area contributed by atoms with Gasteiger partial charge in [0.05, 0.1) is 32.3 Å². The molecule has 0 aromatic heterocycles. The van der Waals surface area contributed by atoms with Crippen molar-refractivity contribution >= 4 is 45.7 Å². The van der Waals surface area contributed by atoms with E-state index in [-0.39, 0.29) is 28.9 Å². The molecule has 0 aliphatic carbocycles. The number of hydrogen-bond acceptors (Lipinski definition) is 8. The highest BCUT2D eigenvalue weighted by atomic mass is 32.2. The number of amides is 2. The van der Waals surface area contributed by atoms with Crippen LogP contribution in [0.15, 0.2) is 58.1 Å². The van der Waals surface area contributed by atoms with Crippen molar-refractivity contribution in [2.45, 2.75) is 20.0 Å². The molecular weight excluding hydrogens is 506 g/mol. The van der Waals surface area contributed by atoms with Gasteiger partial charge in [0.25, 0.3) is 5.91 Å². The van der Waals surface area contributed by atoms with E-state index in [1.54, 1.807) is 36.3 Å². The van der Waals surface area contributed by atoms with Gasteiger partial charge in [-0.05, 0) is 48.0 Å². The van der Waals surface area contributed by atoms with Crippen LogP contribution in [-0.2, 0) is 20.9 Å². The molecule has 1 N–H and O–H groups in total. The van der Waals surface area contributed by atoms with Crippen LogP contribution in [0.4, 0.5) is 0 Å². The summed E-state index contributed by atoms with van der Waals surface area (Å²) in [7, 11) is 1.55. The van der Waals surface area contributed by atoms with E-state index in [4.69, 9.17) is 19.6 Å². The summed E-state index contributed by atoms with van der Waals surface area (Å²) in [4.78, 5) is 31.2. The van der Waals surface area contributed by atoms with Crippen LogP contribution >= 0.6 is 11.8 Å². The SMILES string of the molecule is COc1cc(C=C2C(=N)N3N=C(CC(=O)N4CCOCC4)SC3=NC2=O)ccc1OCc1ccc(C)cc1. The molecule has 10 nitrogen and oxygen atoms in total. The molecule has 0 atom stereocenters. The van der Waals surface area contributed by atoms with Gasteiger partial charge in [0, 0.05) is 13.1 Å². The highest BCUT2D eigenvalue weighted by Crippen LogP contribution is 2.32. The number of rotatable bonds is 7. The van der Waals surface area contributed by atoms with Crippen LogP contribution in [0.1, 0.15) is 23.1 Å². The number of fused-ring (bicyclic) bond motifs is 1. The predicted octanol–water partition coefficient (Wildman–Crippen LogP) is 3.45. The van der Waals surface area contributed by atoms with E-state index in [1.807, 2.05) is 31.2 Å². The lowest BCUT2D eigenvalue weighted by molar-refractivity contribution is -0.133. The largest absolute Gasteiger partial charge is 0.493 e. The first-order valence-corrected chi connectivity index (χ1v) is 12.9. The lowest BCUT2D eigenvalue weighted by atomic mass is 10.1. The van der Waals surface area contributed by atoms with Crippen LogP contribution < -0.4 is 9.47 Å². The van der Waals surface area contributed by atoms with Gasteiger partial charge in [0.15, 0.2) is 17.3 Å². The van der Waals surface area contributed by atoms with Gasteiger partial charge >= 0.3 is 0 Å². The number of ether oxygens (including phenoxy) is 3. The molecule has 0 radical (unpaired) electrons. The van der Waals surface area contributed by atoms with Crippen LogP contribution in [-0.4, -0.2) is 71.2 Å². The third kappa shape index (κ3) is 5.63. The summed E-state index contributed by atoms with van der Waals surface area (Å²) in [6.45, 7) is 4.54. The number of benzene rings is 2. The minimum atomic E-state index is -0.539. The van der Waals surface area contributed by atoms with E-state index in [0.29, 0.717) is 55.0 Å². The van der Waals surface area contributed by atoms with Gasteiger partial charge in [-0.1, -0.05) is 35.9 Å². The Bertz CT molecular complexity index is 1360. The first kappa shape index (κ1) is 25.7. The monoisotopic (exact) mass is 533 g/mol. The molecule has 0 bridgehead atoms. The van der Waals surface area contributed by atoms with Crippen molar-refractivity contribution in [2.75, 3.05) is 33.4 Å². The minimum Gasteiger partial charge on any atom is -0.493 e. The van der Waals surface area contributed by atoms with Crippen molar-refractivity contribution < 1.29 is 23.8 Å². The average molecular weight is 534 g/mol. The second-order valence-corrected chi connectivity index (χ2v) is 9.91. The van der Waals surface area contributed by atoms with E-state index in [0.717, 1.165) is 17.3 Å². The molecule has 2 aromatic carbocycles. The molecule has 3 aliphatic rings. The number of hydrazone groups is 1. The Hall–Kier alpha value is -3.96. The molecule has 38 heavy (non-hydrogen) atoms. The number of aryl methyl sites for hydroxylation is 1. The van der Waals surface area contributed by atoms with Crippen LogP contribution in [0.3, 0.4) is 0 Å². The number of nitrogens with one attached hydrogen (secondary N) is 1.